The summed E-state index contributed by atoms with van der Waals surface area (Å²) in [4.78, 5) is 0. The first-order valence-electron chi connectivity index (χ1n) is 6.84. The van der Waals surface area contributed by atoms with Crippen molar-refractivity contribution < 1.29 is 0 Å². The van der Waals surface area contributed by atoms with Crippen LogP contribution < -0.4 is 5.32 Å². The van der Waals surface area contributed by atoms with Crippen molar-refractivity contribution in [3.63, 3.8) is 0 Å². The lowest BCUT2D eigenvalue weighted by atomic mass is 10.0. The lowest BCUT2D eigenvalue weighted by molar-refractivity contribution is 0.825. The number of anilines is 1. The van der Waals surface area contributed by atoms with Crippen LogP contribution in [0.25, 0.3) is 10.8 Å². The predicted octanol–water partition coefficient (Wildman–Crippen LogP) is 5.20. The van der Waals surface area contributed by atoms with Gasteiger partial charge in [-0.3, -0.25) is 0 Å². The highest BCUT2D eigenvalue weighted by atomic mass is 35.5. The van der Waals surface area contributed by atoms with Crippen molar-refractivity contribution in [2.24, 2.45) is 0 Å². The topological polar surface area (TPSA) is 12.0 Å². The van der Waals surface area contributed by atoms with Gasteiger partial charge < -0.3 is 5.32 Å². The molecule has 0 fully saturated rings. The lowest BCUT2D eigenvalue weighted by Gasteiger charge is -2.13. The van der Waals surface area contributed by atoms with Gasteiger partial charge in [0.05, 0.1) is 6.04 Å². The average molecular weight is 280 g/mol. The standard InChI is InChI=1S/C18H14ClN/c19-16-8-4-3-7-15(16)18-11-14-9-12-5-1-2-6-13(12)10-17(14)20-18/h1-10,18,20H,11H2. The minimum atomic E-state index is 0.274. The highest BCUT2D eigenvalue weighted by molar-refractivity contribution is 6.31. The Morgan fingerprint density at radius 2 is 1.60 bits per heavy atom. The molecule has 98 valence electrons. The molecule has 1 aliphatic rings. The van der Waals surface area contributed by atoms with Gasteiger partial charge in [0.2, 0.25) is 0 Å². The highest BCUT2D eigenvalue weighted by Gasteiger charge is 2.23. The molecule has 0 saturated carbocycles. The van der Waals surface area contributed by atoms with Crippen LogP contribution in [0.5, 0.6) is 0 Å². The van der Waals surface area contributed by atoms with Crippen molar-refractivity contribution >= 4 is 28.1 Å². The van der Waals surface area contributed by atoms with Crippen molar-refractivity contribution in [3.05, 3.63) is 76.8 Å². The van der Waals surface area contributed by atoms with E-state index in [1.807, 2.05) is 18.2 Å². The number of benzene rings is 3. The summed E-state index contributed by atoms with van der Waals surface area (Å²) in [5.74, 6) is 0. The maximum absolute atomic E-state index is 6.31. The van der Waals surface area contributed by atoms with E-state index in [1.54, 1.807) is 0 Å². The maximum atomic E-state index is 6.31. The van der Waals surface area contributed by atoms with Crippen molar-refractivity contribution in [1.29, 1.82) is 0 Å². The van der Waals surface area contributed by atoms with Crippen LogP contribution in [0.4, 0.5) is 5.69 Å². The minimum Gasteiger partial charge on any atom is -0.378 e. The third kappa shape index (κ3) is 1.86. The van der Waals surface area contributed by atoms with E-state index >= 15 is 0 Å². The zero-order valence-electron chi connectivity index (χ0n) is 10.9. The largest absolute Gasteiger partial charge is 0.378 e. The molecule has 0 saturated heterocycles. The van der Waals surface area contributed by atoms with Gasteiger partial charge in [0.1, 0.15) is 0 Å². The fourth-order valence-corrected chi connectivity index (χ4v) is 3.26. The number of nitrogens with one attached hydrogen (secondary N) is 1. The molecule has 1 nitrogen and oxygen atoms in total. The van der Waals surface area contributed by atoms with Gasteiger partial charge in [0, 0.05) is 10.7 Å². The molecule has 0 radical (unpaired) electrons. The molecule has 20 heavy (non-hydrogen) atoms. The number of rotatable bonds is 1. The number of fused-ring (bicyclic) bond motifs is 2. The fraction of sp³-hybridized carbons (Fsp3) is 0.111. The number of hydrogen-bond acceptors (Lipinski definition) is 1. The van der Waals surface area contributed by atoms with Gasteiger partial charge in [0.25, 0.3) is 0 Å². The monoisotopic (exact) mass is 279 g/mol. The molecule has 0 spiro atoms. The van der Waals surface area contributed by atoms with Gasteiger partial charge in [-0.05, 0) is 46.5 Å². The Hall–Kier alpha value is -1.99. The molecule has 0 aromatic heterocycles. The molecule has 0 bridgehead atoms. The second-order valence-electron chi connectivity index (χ2n) is 5.28. The Morgan fingerprint density at radius 1 is 0.900 bits per heavy atom. The Bertz CT molecular complexity index is 750. The molecule has 1 atom stereocenters. The first kappa shape index (κ1) is 11.8. The summed E-state index contributed by atoms with van der Waals surface area (Å²) >= 11 is 6.31. The fourth-order valence-electron chi connectivity index (χ4n) is 2.99. The van der Waals surface area contributed by atoms with Crippen molar-refractivity contribution in [3.8, 4) is 0 Å². The highest BCUT2D eigenvalue weighted by Crippen LogP contribution is 2.38. The van der Waals surface area contributed by atoms with Crippen LogP contribution in [0.2, 0.25) is 5.02 Å². The Morgan fingerprint density at radius 3 is 2.40 bits per heavy atom. The second kappa shape index (κ2) is 4.53. The molecule has 3 aromatic rings. The Balaban J connectivity index is 1.77. The number of hydrogen-bond donors (Lipinski definition) is 1. The molecule has 3 aromatic carbocycles. The molecule has 0 amide bonds. The van der Waals surface area contributed by atoms with Crippen LogP contribution in [0.3, 0.4) is 0 Å². The summed E-state index contributed by atoms with van der Waals surface area (Å²) < 4.78 is 0. The Labute approximate surface area is 123 Å². The third-order valence-electron chi connectivity index (χ3n) is 4.01. The van der Waals surface area contributed by atoms with Crippen LogP contribution in [0.15, 0.2) is 60.7 Å². The zero-order valence-corrected chi connectivity index (χ0v) is 11.7. The van der Waals surface area contributed by atoms with Crippen LogP contribution in [0, 0.1) is 0 Å². The molecule has 2 heteroatoms. The van der Waals surface area contributed by atoms with Crippen LogP contribution in [-0.4, -0.2) is 0 Å². The van der Waals surface area contributed by atoms with E-state index in [-0.39, 0.29) is 6.04 Å². The van der Waals surface area contributed by atoms with E-state index in [0.717, 1.165) is 11.4 Å². The van der Waals surface area contributed by atoms with E-state index in [0.29, 0.717) is 0 Å². The second-order valence-corrected chi connectivity index (χ2v) is 5.69. The Kier molecular flexibility index (Phi) is 2.68. The molecule has 0 aliphatic carbocycles. The van der Waals surface area contributed by atoms with E-state index in [9.17, 15) is 0 Å². The van der Waals surface area contributed by atoms with Gasteiger partial charge in [0.15, 0.2) is 0 Å². The summed E-state index contributed by atoms with van der Waals surface area (Å²) in [6, 6.07) is 21.4. The van der Waals surface area contributed by atoms with Crippen LogP contribution in [-0.2, 0) is 6.42 Å². The molecule has 4 rings (SSSR count). The van der Waals surface area contributed by atoms with Crippen LogP contribution in [0.1, 0.15) is 17.2 Å². The summed E-state index contributed by atoms with van der Waals surface area (Å²) in [5.41, 5.74) is 3.77. The molecule has 1 unspecified atom stereocenters. The predicted molar refractivity (Wildman–Crippen MR) is 85.5 cm³/mol. The average Bonchev–Trinajstić information content (AvgIpc) is 2.87. The van der Waals surface area contributed by atoms with Gasteiger partial charge in [-0.25, -0.2) is 0 Å². The normalized spacial score (nSPS) is 16.9. The van der Waals surface area contributed by atoms with Crippen molar-refractivity contribution in [2.45, 2.75) is 12.5 Å². The van der Waals surface area contributed by atoms with E-state index in [2.05, 4.69) is 47.8 Å². The van der Waals surface area contributed by atoms with E-state index in [4.69, 9.17) is 11.6 Å². The molecule has 1 heterocycles. The summed E-state index contributed by atoms with van der Waals surface area (Å²) in [6.45, 7) is 0. The third-order valence-corrected chi connectivity index (χ3v) is 4.35. The van der Waals surface area contributed by atoms with Gasteiger partial charge in [-0.2, -0.15) is 0 Å². The summed E-state index contributed by atoms with van der Waals surface area (Å²) in [6.07, 6.45) is 0.990. The lowest BCUT2D eigenvalue weighted by Crippen LogP contribution is -2.05. The van der Waals surface area contributed by atoms with Gasteiger partial charge >= 0.3 is 0 Å². The van der Waals surface area contributed by atoms with Gasteiger partial charge in [-0.15, -0.1) is 0 Å². The van der Waals surface area contributed by atoms with E-state index in [1.165, 1.54) is 27.6 Å². The minimum absolute atomic E-state index is 0.274. The zero-order chi connectivity index (χ0) is 13.5. The van der Waals surface area contributed by atoms with Crippen molar-refractivity contribution in [1.82, 2.24) is 0 Å². The maximum Gasteiger partial charge on any atom is 0.0569 e. The molecule has 1 aliphatic heterocycles. The number of halogens is 1. The smallest absolute Gasteiger partial charge is 0.0569 e. The first-order valence-corrected chi connectivity index (χ1v) is 7.22. The van der Waals surface area contributed by atoms with Crippen LogP contribution >= 0.6 is 11.6 Å². The SMILES string of the molecule is Clc1ccccc1C1Cc2cc3ccccc3cc2N1. The molecular weight excluding hydrogens is 266 g/mol. The van der Waals surface area contributed by atoms with Gasteiger partial charge in [-0.1, -0.05) is 54.1 Å². The summed E-state index contributed by atoms with van der Waals surface area (Å²) in [7, 11) is 0. The quantitative estimate of drug-likeness (QED) is 0.645. The summed E-state index contributed by atoms with van der Waals surface area (Å²) in [5, 5.41) is 7.01. The first-order chi connectivity index (χ1) is 9.81. The van der Waals surface area contributed by atoms with E-state index < -0.39 is 0 Å². The molecular formula is C18H14ClN. The van der Waals surface area contributed by atoms with Crippen molar-refractivity contribution in [2.75, 3.05) is 5.32 Å². The molecule has 1 N–H and O–H groups in total.